The van der Waals surface area contributed by atoms with E-state index in [4.69, 9.17) is 4.74 Å². The summed E-state index contributed by atoms with van der Waals surface area (Å²) in [5.41, 5.74) is 3.22. The van der Waals surface area contributed by atoms with Gasteiger partial charge in [0.2, 0.25) is 0 Å². The average molecular weight is 491 g/mol. The molecule has 2 aromatic carbocycles. The quantitative estimate of drug-likeness (QED) is 0.223. The van der Waals surface area contributed by atoms with Crippen molar-refractivity contribution >= 4 is 29.1 Å². The lowest BCUT2D eigenvalue weighted by molar-refractivity contribution is -0.384. The summed E-state index contributed by atoms with van der Waals surface area (Å²) in [6, 6.07) is 13.7. The number of nitro benzene ring substituents is 1. The summed E-state index contributed by atoms with van der Waals surface area (Å²) in [6.07, 6.45) is 1.90. The molecule has 10 heteroatoms. The molecule has 0 bridgehead atoms. The van der Waals surface area contributed by atoms with Gasteiger partial charge in [0.25, 0.3) is 11.2 Å². The molecule has 0 saturated carbocycles. The standard InChI is InChI=1S/C25H22N4O5S/c1-34-17-5-2-4-15(12-17)20-21-18(6-3-7-19(21)30)26-23-22(20)24(31)28-25(27-23)35-13-14-8-10-16(11-9-14)29(32)33/h2,4-5,8-12,20H,3,6-7,13H2,1H3,(H2,26,27,28,31)/t20-/m0/s1. The van der Waals surface area contributed by atoms with Gasteiger partial charge < -0.3 is 15.0 Å². The van der Waals surface area contributed by atoms with Crippen LogP contribution in [0.3, 0.4) is 0 Å². The number of thioether (sulfide) groups is 1. The lowest BCUT2D eigenvalue weighted by atomic mass is 9.76. The Morgan fingerprint density at radius 2 is 1.97 bits per heavy atom. The lowest BCUT2D eigenvalue weighted by Gasteiger charge is -2.32. The lowest BCUT2D eigenvalue weighted by Crippen LogP contribution is -2.32. The molecular formula is C25H22N4O5S. The summed E-state index contributed by atoms with van der Waals surface area (Å²) in [5.74, 6) is 1.07. The van der Waals surface area contributed by atoms with Gasteiger partial charge in [-0.15, -0.1) is 0 Å². The first kappa shape index (κ1) is 22.9. The van der Waals surface area contributed by atoms with Crippen LogP contribution in [0.15, 0.2) is 69.8 Å². The summed E-state index contributed by atoms with van der Waals surface area (Å²) in [7, 11) is 1.58. The number of methoxy groups -OCH3 is 1. The summed E-state index contributed by atoms with van der Waals surface area (Å²) in [5, 5.41) is 14.6. The Morgan fingerprint density at radius 1 is 1.17 bits per heavy atom. The highest BCUT2D eigenvalue weighted by Gasteiger charge is 2.38. The number of hydrogen-bond acceptors (Lipinski definition) is 8. The van der Waals surface area contributed by atoms with Crippen molar-refractivity contribution < 1.29 is 14.5 Å². The van der Waals surface area contributed by atoms with Crippen molar-refractivity contribution in [2.24, 2.45) is 0 Å². The van der Waals surface area contributed by atoms with Gasteiger partial charge in [0.1, 0.15) is 11.6 Å². The molecule has 0 amide bonds. The summed E-state index contributed by atoms with van der Waals surface area (Å²) in [6.45, 7) is 0. The second kappa shape index (κ2) is 9.38. The van der Waals surface area contributed by atoms with Gasteiger partial charge >= 0.3 is 0 Å². The fourth-order valence-corrected chi connectivity index (χ4v) is 5.35. The third-order valence-corrected chi connectivity index (χ3v) is 7.13. The first-order valence-corrected chi connectivity index (χ1v) is 12.1. The Hall–Kier alpha value is -3.92. The SMILES string of the molecule is COc1cccc([C@H]2C3=C(CCCC3=O)Nc3nc(SCc4ccc([N+](=O)[O-])cc4)[nH]c(=O)c32)c1. The molecule has 0 radical (unpaired) electrons. The number of fused-ring (bicyclic) bond motifs is 1. The Labute approximate surface area is 204 Å². The number of ketones is 1. The van der Waals surface area contributed by atoms with Crippen LogP contribution in [0.4, 0.5) is 11.5 Å². The smallest absolute Gasteiger partial charge is 0.269 e. The number of aromatic amines is 1. The van der Waals surface area contributed by atoms with Crippen LogP contribution in [0.25, 0.3) is 0 Å². The Balaban J connectivity index is 1.51. The monoisotopic (exact) mass is 490 g/mol. The number of non-ortho nitro benzene ring substituents is 1. The summed E-state index contributed by atoms with van der Waals surface area (Å²) < 4.78 is 5.38. The maximum atomic E-state index is 13.3. The van der Waals surface area contributed by atoms with Crippen molar-refractivity contribution in [2.45, 2.75) is 36.1 Å². The maximum Gasteiger partial charge on any atom is 0.269 e. The molecule has 2 aliphatic rings. The Morgan fingerprint density at radius 3 is 2.71 bits per heavy atom. The highest BCUT2D eigenvalue weighted by atomic mass is 32.2. The van der Waals surface area contributed by atoms with Gasteiger partial charge in [-0.2, -0.15) is 0 Å². The number of nitro groups is 1. The van der Waals surface area contributed by atoms with E-state index >= 15 is 0 Å². The zero-order valence-corrected chi connectivity index (χ0v) is 19.7. The Kier molecular flexibility index (Phi) is 6.12. The Bertz CT molecular complexity index is 1410. The van der Waals surface area contributed by atoms with E-state index in [1.54, 1.807) is 19.2 Å². The minimum absolute atomic E-state index is 0.0259. The van der Waals surface area contributed by atoms with E-state index in [1.807, 2.05) is 24.3 Å². The molecule has 0 fully saturated rings. The molecule has 5 rings (SSSR count). The molecule has 2 heterocycles. The van der Waals surface area contributed by atoms with Crippen molar-refractivity contribution in [3.05, 3.63) is 97.0 Å². The molecular weight excluding hydrogens is 468 g/mol. The van der Waals surface area contributed by atoms with E-state index in [0.717, 1.165) is 23.2 Å². The molecule has 0 unspecified atom stereocenters. The van der Waals surface area contributed by atoms with Gasteiger partial charge in [-0.05, 0) is 36.1 Å². The van der Waals surface area contributed by atoms with Crippen LogP contribution in [-0.2, 0) is 10.5 Å². The molecule has 0 saturated heterocycles. The zero-order valence-electron chi connectivity index (χ0n) is 18.9. The van der Waals surface area contributed by atoms with Crippen molar-refractivity contribution in [3.8, 4) is 5.75 Å². The van der Waals surface area contributed by atoms with E-state index in [2.05, 4.69) is 15.3 Å². The van der Waals surface area contributed by atoms with Crippen LogP contribution in [0.2, 0.25) is 0 Å². The number of anilines is 1. The third-order valence-electron chi connectivity index (χ3n) is 6.19. The molecule has 3 aromatic rings. The molecule has 1 atom stereocenters. The number of rotatable bonds is 6. The number of benzene rings is 2. The number of aromatic nitrogens is 2. The van der Waals surface area contributed by atoms with Crippen LogP contribution in [0.1, 0.15) is 41.9 Å². The number of nitrogens with zero attached hydrogens (tertiary/aromatic N) is 2. The van der Waals surface area contributed by atoms with Crippen molar-refractivity contribution in [2.75, 3.05) is 12.4 Å². The number of carbonyl (C=O) groups is 1. The van der Waals surface area contributed by atoms with Crippen molar-refractivity contribution in [1.82, 2.24) is 9.97 Å². The fraction of sp³-hybridized carbons (Fsp3) is 0.240. The second-order valence-corrected chi connectivity index (χ2v) is 9.31. The van der Waals surface area contributed by atoms with Crippen molar-refractivity contribution in [1.29, 1.82) is 0 Å². The van der Waals surface area contributed by atoms with E-state index in [-0.39, 0.29) is 17.0 Å². The number of hydrogen-bond donors (Lipinski definition) is 2. The van der Waals surface area contributed by atoms with Gasteiger partial charge in [-0.3, -0.25) is 19.7 Å². The van der Waals surface area contributed by atoms with Crippen LogP contribution in [-0.4, -0.2) is 27.8 Å². The first-order chi connectivity index (χ1) is 16.9. The number of ether oxygens (including phenoxy) is 1. The number of H-pyrrole nitrogens is 1. The third kappa shape index (κ3) is 4.44. The van der Waals surface area contributed by atoms with Gasteiger partial charge in [0.05, 0.1) is 17.6 Å². The topological polar surface area (TPSA) is 127 Å². The van der Waals surface area contributed by atoms with E-state index in [1.165, 1.54) is 23.9 Å². The molecule has 2 N–H and O–H groups in total. The number of nitrogens with one attached hydrogen (secondary N) is 2. The van der Waals surface area contributed by atoms with Gasteiger partial charge in [-0.1, -0.05) is 36.0 Å². The molecule has 35 heavy (non-hydrogen) atoms. The van der Waals surface area contributed by atoms with Gasteiger partial charge in [0, 0.05) is 41.5 Å². The molecule has 0 spiro atoms. The number of Topliss-reactive ketones (excluding diaryl/α,β-unsaturated/α-hetero) is 1. The minimum atomic E-state index is -0.533. The zero-order chi connectivity index (χ0) is 24.5. The average Bonchev–Trinajstić information content (AvgIpc) is 2.86. The minimum Gasteiger partial charge on any atom is -0.497 e. The molecule has 1 aromatic heterocycles. The second-order valence-electron chi connectivity index (χ2n) is 8.35. The molecule has 1 aliphatic heterocycles. The van der Waals surface area contributed by atoms with Crippen LogP contribution in [0, 0.1) is 10.1 Å². The molecule has 1 aliphatic carbocycles. The predicted molar refractivity (Wildman–Crippen MR) is 132 cm³/mol. The highest BCUT2D eigenvalue weighted by molar-refractivity contribution is 7.98. The number of allylic oxidation sites excluding steroid dienone is 2. The van der Waals surface area contributed by atoms with E-state index in [0.29, 0.717) is 46.5 Å². The maximum absolute atomic E-state index is 13.3. The van der Waals surface area contributed by atoms with Crippen LogP contribution < -0.4 is 15.6 Å². The first-order valence-electron chi connectivity index (χ1n) is 11.1. The van der Waals surface area contributed by atoms with Crippen LogP contribution >= 0.6 is 11.8 Å². The van der Waals surface area contributed by atoms with Gasteiger partial charge in [0.15, 0.2) is 10.9 Å². The highest BCUT2D eigenvalue weighted by Crippen LogP contribution is 2.44. The molecule has 178 valence electrons. The normalized spacial score (nSPS) is 16.8. The van der Waals surface area contributed by atoms with E-state index in [9.17, 15) is 19.7 Å². The van der Waals surface area contributed by atoms with Crippen LogP contribution in [0.5, 0.6) is 5.75 Å². The fourth-order valence-electron chi connectivity index (χ4n) is 4.53. The number of carbonyl (C=O) groups excluding carboxylic acids is 1. The van der Waals surface area contributed by atoms with E-state index < -0.39 is 10.8 Å². The van der Waals surface area contributed by atoms with Gasteiger partial charge in [-0.25, -0.2) is 4.98 Å². The largest absolute Gasteiger partial charge is 0.497 e. The molecule has 9 nitrogen and oxygen atoms in total. The van der Waals surface area contributed by atoms with Crippen molar-refractivity contribution in [3.63, 3.8) is 0 Å². The summed E-state index contributed by atoms with van der Waals surface area (Å²) >= 11 is 1.33. The predicted octanol–water partition coefficient (Wildman–Crippen LogP) is 4.54. The summed E-state index contributed by atoms with van der Waals surface area (Å²) in [4.78, 5) is 44.3.